The number of nitrogens with zero attached hydrogens (tertiary/aromatic N) is 6. The fourth-order valence-corrected chi connectivity index (χ4v) is 4.36. The molecular weight excluding hydrogens is 416 g/mol. The molecule has 5 rings (SSSR count). The van der Waals surface area contributed by atoms with E-state index >= 15 is 0 Å². The van der Waals surface area contributed by atoms with Gasteiger partial charge >= 0.3 is 0 Å². The van der Waals surface area contributed by atoms with E-state index in [0.717, 1.165) is 16.6 Å². The molecule has 4 heterocycles. The van der Waals surface area contributed by atoms with Crippen LogP contribution in [-0.2, 0) is 6.42 Å². The molecule has 4 radical (unpaired) electrons. The van der Waals surface area contributed by atoms with E-state index in [9.17, 15) is 0 Å². The first-order valence-electron chi connectivity index (χ1n) is 10.8. The molecule has 0 aromatic carbocycles. The molecule has 0 atom stereocenters. The second-order valence-electron chi connectivity index (χ2n) is 9.31. The first-order valence-corrected chi connectivity index (χ1v) is 11.3. The third-order valence-electron chi connectivity index (χ3n) is 5.81. The number of hydrogen-bond donors (Lipinski definition) is 2. The van der Waals surface area contributed by atoms with Crippen LogP contribution in [0.2, 0.25) is 0 Å². The molecule has 10 heteroatoms. The number of anilines is 1. The molecule has 7 nitrogen and oxygen atoms in total. The molecule has 2 N–H and O–H groups in total. The van der Waals surface area contributed by atoms with Gasteiger partial charge in [-0.15, -0.1) is 5.10 Å². The fourth-order valence-electron chi connectivity index (χ4n) is 4.21. The Balaban J connectivity index is 0.000000260. The van der Waals surface area contributed by atoms with Crippen molar-refractivity contribution in [2.24, 2.45) is 5.41 Å². The van der Waals surface area contributed by atoms with Crippen LogP contribution in [0.5, 0.6) is 0 Å². The van der Waals surface area contributed by atoms with Crippen molar-refractivity contribution in [3.63, 3.8) is 0 Å². The highest BCUT2D eigenvalue weighted by Crippen LogP contribution is 2.34. The largest absolute Gasteiger partial charge is 0.367 e. The standard InChI is InChI=1S/C14H11B2N7S.C8H16/c15-14(16,24)5-10-11-9(1-3-23(11)21-12(17)20-10)8-6-19-13-18-2-4-22(13)7-8;1-8(2)6-4-3-5-7-8/h1-4,6-7,24H,5H2,(H2,17,21);3-7H2,1-2H3. The summed E-state index contributed by atoms with van der Waals surface area (Å²) in [6.07, 6.45) is 16.5. The summed E-state index contributed by atoms with van der Waals surface area (Å²) in [7, 11) is 11.7. The van der Waals surface area contributed by atoms with Crippen molar-refractivity contribution >= 4 is 45.6 Å². The topological polar surface area (TPSA) is 86.4 Å². The van der Waals surface area contributed by atoms with Crippen molar-refractivity contribution in [2.45, 2.75) is 56.9 Å². The second-order valence-corrected chi connectivity index (χ2v) is 10.1. The van der Waals surface area contributed by atoms with Crippen LogP contribution in [0.25, 0.3) is 22.4 Å². The second kappa shape index (κ2) is 8.81. The van der Waals surface area contributed by atoms with Crippen molar-refractivity contribution in [1.29, 1.82) is 0 Å². The third kappa shape index (κ3) is 5.28. The Morgan fingerprint density at radius 3 is 2.56 bits per heavy atom. The number of nitrogen functional groups attached to an aromatic ring is 1. The highest BCUT2D eigenvalue weighted by molar-refractivity contribution is 7.84. The van der Waals surface area contributed by atoms with Gasteiger partial charge in [-0.05, 0) is 30.7 Å². The normalized spacial score (nSPS) is 16.1. The fraction of sp³-hybridized carbons (Fsp3) is 0.455. The highest BCUT2D eigenvalue weighted by atomic mass is 32.1. The Kier molecular flexibility index (Phi) is 6.25. The quantitative estimate of drug-likeness (QED) is 0.374. The van der Waals surface area contributed by atoms with Crippen LogP contribution in [0.3, 0.4) is 0 Å². The number of aromatic nitrogens is 6. The van der Waals surface area contributed by atoms with E-state index in [0.29, 0.717) is 16.9 Å². The lowest BCUT2D eigenvalue weighted by molar-refractivity contribution is 0.244. The van der Waals surface area contributed by atoms with E-state index in [2.05, 4.69) is 46.5 Å². The summed E-state index contributed by atoms with van der Waals surface area (Å²) in [5.41, 5.74) is 9.62. The summed E-state index contributed by atoms with van der Waals surface area (Å²) in [5.74, 6) is 0.765. The molecule has 4 aromatic heterocycles. The van der Waals surface area contributed by atoms with Gasteiger partial charge in [0.25, 0.3) is 0 Å². The van der Waals surface area contributed by atoms with Crippen molar-refractivity contribution < 1.29 is 0 Å². The number of nitrogens with two attached hydrogens (primary N) is 1. The third-order valence-corrected chi connectivity index (χ3v) is 5.97. The maximum atomic E-state index is 5.83. The summed E-state index contributed by atoms with van der Waals surface area (Å²) in [6, 6.07) is 1.92. The van der Waals surface area contributed by atoms with Gasteiger partial charge < -0.3 is 5.73 Å². The Labute approximate surface area is 196 Å². The Hall–Kier alpha value is -2.48. The van der Waals surface area contributed by atoms with Crippen LogP contribution < -0.4 is 5.73 Å². The molecule has 4 aromatic rings. The Bertz CT molecular complexity index is 1220. The monoisotopic (exact) mass is 443 g/mol. The maximum Gasteiger partial charge on any atom is 0.238 e. The maximum absolute atomic E-state index is 5.83. The van der Waals surface area contributed by atoms with Crippen LogP contribution in [0.4, 0.5) is 5.95 Å². The molecule has 1 saturated carbocycles. The molecule has 32 heavy (non-hydrogen) atoms. The summed E-state index contributed by atoms with van der Waals surface area (Å²) in [6.45, 7) is 4.76. The predicted molar refractivity (Wildman–Crippen MR) is 133 cm³/mol. The number of imidazole rings is 1. The van der Waals surface area contributed by atoms with Crippen LogP contribution in [-0.4, -0.2) is 49.2 Å². The van der Waals surface area contributed by atoms with Crippen molar-refractivity contribution in [3.05, 3.63) is 42.7 Å². The minimum Gasteiger partial charge on any atom is -0.367 e. The molecule has 1 fully saturated rings. The van der Waals surface area contributed by atoms with Crippen LogP contribution in [0.15, 0.2) is 37.1 Å². The van der Waals surface area contributed by atoms with E-state index in [4.69, 9.17) is 21.4 Å². The lowest BCUT2D eigenvalue weighted by Gasteiger charge is -2.28. The molecule has 162 valence electrons. The van der Waals surface area contributed by atoms with Crippen molar-refractivity contribution in [1.82, 2.24) is 29.0 Å². The van der Waals surface area contributed by atoms with E-state index in [-0.39, 0.29) is 12.4 Å². The summed E-state index contributed by atoms with van der Waals surface area (Å²) in [5, 5.41) is 4.20. The first kappa shape index (κ1) is 22.7. The Morgan fingerprint density at radius 1 is 1.16 bits per heavy atom. The number of rotatable bonds is 3. The lowest BCUT2D eigenvalue weighted by atomic mass is 9.67. The molecule has 0 saturated heterocycles. The van der Waals surface area contributed by atoms with Crippen molar-refractivity contribution in [3.8, 4) is 11.1 Å². The number of thiol groups is 1. The minimum absolute atomic E-state index is 0.139. The van der Waals surface area contributed by atoms with E-state index < -0.39 is 4.55 Å². The van der Waals surface area contributed by atoms with Gasteiger partial charge in [0, 0.05) is 42.1 Å². The van der Waals surface area contributed by atoms with Gasteiger partial charge in [-0.25, -0.2) is 19.5 Å². The molecule has 1 aliphatic rings. The summed E-state index contributed by atoms with van der Waals surface area (Å²) in [4.78, 5) is 12.8. The van der Waals surface area contributed by atoms with Gasteiger partial charge in [-0.2, -0.15) is 12.6 Å². The van der Waals surface area contributed by atoms with Crippen LogP contribution >= 0.6 is 12.6 Å². The van der Waals surface area contributed by atoms with Crippen LogP contribution in [0, 0.1) is 5.41 Å². The van der Waals surface area contributed by atoms with Gasteiger partial charge in [0.15, 0.2) is 0 Å². The zero-order valence-electron chi connectivity index (χ0n) is 18.6. The molecular formula is C22H27B2N7S. The van der Waals surface area contributed by atoms with E-state index in [1.807, 2.05) is 22.9 Å². The predicted octanol–water partition coefficient (Wildman–Crippen LogP) is 3.46. The summed E-state index contributed by atoms with van der Waals surface area (Å²) >= 11 is 4.19. The van der Waals surface area contributed by atoms with E-state index in [1.165, 1.54) is 32.1 Å². The SMILES string of the molecule is CC1(C)CCCCC1.[B]C([B])(S)Cc1nc(N)nn2ccc(-c3cnc4nccn4c3)c12. The summed E-state index contributed by atoms with van der Waals surface area (Å²) < 4.78 is 2.28. The van der Waals surface area contributed by atoms with Gasteiger partial charge in [0.05, 0.1) is 26.9 Å². The Morgan fingerprint density at radius 2 is 1.91 bits per heavy atom. The van der Waals surface area contributed by atoms with Gasteiger partial charge in [0.2, 0.25) is 11.7 Å². The highest BCUT2D eigenvalue weighted by Gasteiger charge is 2.20. The molecule has 0 bridgehead atoms. The average Bonchev–Trinajstić information content (AvgIpc) is 3.33. The zero-order valence-corrected chi connectivity index (χ0v) is 19.5. The molecule has 0 spiro atoms. The van der Waals surface area contributed by atoms with Gasteiger partial charge in [-0.1, -0.05) is 37.7 Å². The molecule has 0 amide bonds. The zero-order chi connectivity index (χ0) is 22.9. The molecule has 1 aliphatic carbocycles. The first-order chi connectivity index (χ1) is 15.1. The number of hydrogen-bond acceptors (Lipinski definition) is 6. The van der Waals surface area contributed by atoms with Crippen LogP contribution in [0.1, 0.15) is 51.6 Å². The molecule has 0 unspecified atom stereocenters. The smallest absolute Gasteiger partial charge is 0.238 e. The molecule has 0 aliphatic heterocycles. The van der Waals surface area contributed by atoms with Gasteiger partial charge in [0.1, 0.15) is 0 Å². The lowest BCUT2D eigenvalue weighted by Crippen LogP contribution is -2.26. The van der Waals surface area contributed by atoms with E-state index in [1.54, 1.807) is 23.1 Å². The average molecular weight is 443 g/mol. The van der Waals surface area contributed by atoms with Crippen molar-refractivity contribution in [2.75, 3.05) is 5.73 Å². The van der Waals surface area contributed by atoms with Gasteiger partial charge in [-0.3, -0.25) is 4.40 Å². The number of fused-ring (bicyclic) bond motifs is 2. The minimum atomic E-state index is -1.21.